The lowest BCUT2D eigenvalue weighted by Gasteiger charge is -2.13. The van der Waals surface area contributed by atoms with Gasteiger partial charge in [0.25, 0.3) is 5.69 Å². The van der Waals surface area contributed by atoms with E-state index in [0.717, 1.165) is 11.3 Å². The summed E-state index contributed by atoms with van der Waals surface area (Å²) in [6.45, 7) is 0.444. The molecule has 0 saturated heterocycles. The van der Waals surface area contributed by atoms with Gasteiger partial charge in [-0.15, -0.1) is 0 Å². The van der Waals surface area contributed by atoms with Gasteiger partial charge in [0.1, 0.15) is 5.75 Å². The number of hydrogen-bond acceptors (Lipinski definition) is 4. The fourth-order valence-electron chi connectivity index (χ4n) is 1.85. The van der Waals surface area contributed by atoms with Crippen LogP contribution < -0.4 is 10.1 Å². The van der Waals surface area contributed by atoms with Crippen molar-refractivity contribution in [1.82, 2.24) is 0 Å². The van der Waals surface area contributed by atoms with Crippen molar-refractivity contribution in [2.24, 2.45) is 0 Å². The van der Waals surface area contributed by atoms with Crippen LogP contribution >= 0.6 is 27.5 Å². The summed E-state index contributed by atoms with van der Waals surface area (Å²) >= 11 is 9.47. The standard InChI is InChI=1S/C14H12BrClN2O3/c1-21-14-4-2-3-12(16)10(14)8-17-13-6-5-9(18(19)20)7-11(13)15/h2-7,17H,8H2,1H3. The van der Waals surface area contributed by atoms with Crippen LogP contribution in [0, 0.1) is 10.1 Å². The fraction of sp³-hybridized carbons (Fsp3) is 0.143. The second-order valence-electron chi connectivity index (χ2n) is 4.20. The molecule has 110 valence electrons. The van der Waals surface area contributed by atoms with E-state index in [-0.39, 0.29) is 5.69 Å². The third-order valence-electron chi connectivity index (χ3n) is 2.91. The number of halogens is 2. The van der Waals surface area contributed by atoms with Crippen molar-refractivity contribution in [3.05, 3.63) is 61.6 Å². The molecule has 0 amide bonds. The third kappa shape index (κ3) is 3.65. The van der Waals surface area contributed by atoms with Crippen molar-refractivity contribution in [2.45, 2.75) is 6.54 Å². The van der Waals surface area contributed by atoms with E-state index in [1.807, 2.05) is 12.1 Å². The predicted octanol–water partition coefficient (Wildman–Crippen LogP) is 4.63. The first kappa shape index (κ1) is 15.6. The summed E-state index contributed by atoms with van der Waals surface area (Å²) < 4.78 is 5.88. The van der Waals surface area contributed by atoms with Crippen molar-refractivity contribution in [3.8, 4) is 5.75 Å². The van der Waals surface area contributed by atoms with Gasteiger partial charge in [0.2, 0.25) is 0 Å². The molecule has 0 spiro atoms. The quantitative estimate of drug-likeness (QED) is 0.614. The van der Waals surface area contributed by atoms with Gasteiger partial charge < -0.3 is 10.1 Å². The number of nitrogens with zero attached hydrogens (tertiary/aromatic N) is 1. The van der Waals surface area contributed by atoms with Crippen LogP contribution in [0.4, 0.5) is 11.4 Å². The van der Waals surface area contributed by atoms with Crippen molar-refractivity contribution >= 4 is 38.9 Å². The van der Waals surface area contributed by atoms with E-state index in [0.29, 0.717) is 21.8 Å². The maximum Gasteiger partial charge on any atom is 0.270 e. The average molecular weight is 372 g/mol. The van der Waals surface area contributed by atoms with Gasteiger partial charge in [-0.05, 0) is 34.1 Å². The summed E-state index contributed by atoms with van der Waals surface area (Å²) in [6, 6.07) is 9.96. The third-order valence-corrected chi connectivity index (χ3v) is 3.93. The number of methoxy groups -OCH3 is 1. The Labute approximate surface area is 135 Å². The number of benzene rings is 2. The number of hydrogen-bond donors (Lipinski definition) is 1. The van der Waals surface area contributed by atoms with E-state index in [1.165, 1.54) is 12.1 Å². The number of rotatable bonds is 5. The topological polar surface area (TPSA) is 64.4 Å². The van der Waals surface area contributed by atoms with Crippen molar-refractivity contribution in [3.63, 3.8) is 0 Å². The van der Waals surface area contributed by atoms with Crippen LogP contribution in [-0.2, 0) is 6.54 Å². The zero-order valence-corrected chi connectivity index (χ0v) is 13.4. The first-order chi connectivity index (χ1) is 10.0. The van der Waals surface area contributed by atoms with Crippen LogP contribution in [0.25, 0.3) is 0 Å². The monoisotopic (exact) mass is 370 g/mol. The minimum Gasteiger partial charge on any atom is -0.496 e. The molecule has 0 aliphatic carbocycles. The van der Waals surface area contributed by atoms with E-state index >= 15 is 0 Å². The van der Waals surface area contributed by atoms with Gasteiger partial charge in [-0.2, -0.15) is 0 Å². The molecule has 0 aliphatic rings. The predicted molar refractivity (Wildman–Crippen MR) is 86.1 cm³/mol. The molecular formula is C14H12BrClN2O3. The van der Waals surface area contributed by atoms with Crippen LogP contribution in [0.1, 0.15) is 5.56 Å². The molecule has 1 N–H and O–H groups in total. The first-order valence-electron chi connectivity index (χ1n) is 6.02. The number of nitrogens with one attached hydrogen (secondary N) is 1. The van der Waals surface area contributed by atoms with Crippen LogP contribution in [-0.4, -0.2) is 12.0 Å². The number of nitro benzene ring substituents is 1. The molecule has 0 bridgehead atoms. The van der Waals surface area contributed by atoms with Gasteiger partial charge in [-0.25, -0.2) is 0 Å². The zero-order chi connectivity index (χ0) is 15.4. The van der Waals surface area contributed by atoms with Gasteiger partial charge in [-0.1, -0.05) is 17.7 Å². The lowest BCUT2D eigenvalue weighted by atomic mass is 10.2. The molecule has 0 radical (unpaired) electrons. The van der Waals surface area contributed by atoms with Crippen molar-refractivity contribution in [2.75, 3.05) is 12.4 Å². The van der Waals surface area contributed by atoms with Crippen molar-refractivity contribution in [1.29, 1.82) is 0 Å². The number of anilines is 1. The Kier molecular flexibility index (Phi) is 5.03. The van der Waals surface area contributed by atoms with E-state index < -0.39 is 4.92 Å². The Morgan fingerprint density at radius 2 is 2.14 bits per heavy atom. The smallest absolute Gasteiger partial charge is 0.270 e. The Balaban J connectivity index is 2.19. The normalized spacial score (nSPS) is 10.2. The SMILES string of the molecule is COc1cccc(Cl)c1CNc1ccc([N+](=O)[O-])cc1Br. The lowest BCUT2D eigenvalue weighted by Crippen LogP contribution is -2.03. The molecule has 0 atom stereocenters. The molecule has 0 unspecified atom stereocenters. The van der Waals surface area contributed by atoms with Crippen LogP contribution in [0.15, 0.2) is 40.9 Å². The summed E-state index contributed by atoms with van der Waals surface area (Å²) in [6.07, 6.45) is 0. The molecule has 0 saturated carbocycles. The molecule has 2 aromatic rings. The molecule has 0 heterocycles. The molecule has 2 aromatic carbocycles. The van der Waals surface area contributed by atoms with E-state index in [4.69, 9.17) is 16.3 Å². The molecule has 21 heavy (non-hydrogen) atoms. The maximum atomic E-state index is 10.7. The molecule has 7 heteroatoms. The average Bonchev–Trinajstić information content (AvgIpc) is 2.46. The first-order valence-corrected chi connectivity index (χ1v) is 7.19. The molecular weight excluding hydrogens is 360 g/mol. The fourth-order valence-corrected chi connectivity index (χ4v) is 2.59. The second-order valence-corrected chi connectivity index (χ2v) is 5.46. The maximum absolute atomic E-state index is 10.7. The van der Waals surface area contributed by atoms with E-state index in [1.54, 1.807) is 19.2 Å². The summed E-state index contributed by atoms with van der Waals surface area (Å²) in [7, 11) is 1.58. The largest absolute Gasteiger partial charge is 0.496 e. The van der Waals surface area contributed by atoms with Gasteiger partial charge in [0, 0.05) is 39.4 Å². The Morgan fingerprint density at radius 3 is 2.76 bits per heavy atom. The van der Waals surface area contributed by atoms with Gasteiger partial charge in [0.15, 0.2) is 0 Å². The molecule has 0 aliphatic heterocycles. The van der Waals surface area contributed by atoms with E-state index in [9.17, 15) is 10.1 Å². The Hall–Kier alpha value is -1.79. The van der Waals surface area contributed by atoms with Gasteiger partial charge >= 0.3 is 0 Å². The second kappa shape index (κ2) is 6.78. The summed E-state index contributed by atoms with van der Waals surface area (Å²) in [5, 5.41) is 14.5. The minimum atomic E-state index is -0.439. The lowest BCUT2D eigenvalue weighted by molar-refractivity contribution is -0.384. The zero-order valence-electron chi connectivity index (χ0n) is 11.1. The Morgan fingerprint density at radius 1 is 1.38 bits per heavy atom. The highest BCUT2D eigenvalue weighted by Crippen LogP contribution is 2.30. The molecule has 5 nitrogen and oxygen atoms in total. The number of ether oxygens (including phenoxy) is 1. The van der Waals surface area contributed by atoms with E-state index in [2.05, 4.69) is 21.2 Å². The summed E-state index contributed by atoms with van der Waals surface area (Å²) in [4.78, 5) is 10.3. The van der Waals surface area contributed by atoms with Gasteiger partial charge in [0.05, 0.1) is 12.0 Å². The summed E-state index contributed by atoms with van der Waals surface area (Å²) in [5.41, 5.74) is 1.59. The number of nitro groups is 1. The molecule has 2 rings (SSSR count). The van der Waals surface area contributed by atoms with Crippen LogP contribution in [0.3, 0.4) is 0 Å². The van der Waals surface area contributed by atoms with Crippen LogP contribution in [0.5, 0.6) is 5.75 Å². The Bertz CT molecular complexity index is 679. The molecule has 0 aromatic heterocycles. The highest BCUT2D eigenvalue weighted by atomic mass is 79.9. The summed E-state index contributed by atoms with van der Waals surface area (Å²) in [5.74, 6) is 0.688. The minimum absolute atomic E-state index is 0.0303. The highest BCUT2D eigenvalue weighted by Gasteiger charge is 2.11. The highest BCUT2D eigenvalue weighted by molar-refractivity contribution is 9.10. The van der Waals surface area contributed by atoms with Crippen LogP contribution in [0.2, 0.25) is 5.02 Å². The number of non-ortho nitro benzene ring substituents is 1. The van der Waals surface area contributed by atoms with Crippen molar-refractivity contribution < 1.29 is 9.66 Å². The van der Waals surface area contributed by atoms with Gasteiger partial charge in [-0.3, -0.25) is 10.1 Å². The molecule has 0 fully saturated rings.